The molecule has 1 N–H and O–H groups in total. The van der Waals surface area contributed by atoms with E-state index in [0.29, 0.717) is 0 Å². The first kappa shape index (κ1) is 13.2. The van der Waals surface area contributed by atoms with Crippen LogP contribution in [0, 0.1) is 6.92 Å². The fourth-order valence-electron chi connectivity index (χ4n) is 3.07. The minimum Gasteiger partial charge on any atom is -0.386 e. The van der Waals surface area contributed by atoms with Crippen molar-refractivity contribution < 1.29 is 0 Å². The molecule has 0 aliphatic carbocycles. The van der Waals surface area contributed by atoms with Gasteiger partial charge in [-0.2, -0.15) is 0 Å². The van der Waals surface area contributed by atoms with Crippen LogP contribution < -0.4 is 10.2 Å². The number of nitrogens with one attached hydrogen (secondary N) is 1. The van der Waals surface area contributed by atoms with Gasteiger partial charge < -0.3 is 10.2 Å². The molecule has 0 bridgehead atoms. The number of aromatic nitrogens is 1. The highest BCUT2D eigenvalue weighted by Crippen LogP contribution is 2.31. The van der Waals surface area contributed by atoms with Gasteiger partial charge in [-0.25, -0.2) is 4.98 Å². The smallest absolute Gasteiger partial charge is 0.136 e. The highest BCUT2D eigenvalue weighted by atomic mass is 15.2. The van der Waals surface area contributed by atoms with Crippen molar-refractivity contribution in [1.29, 1.82) is 0 Å². The van der Waals surface area contributed by atoms with Gasteiger partial charge in [0.1, 0.15) is 5.82 Å². The highest BCUT2D eigenvalue weighted by molar-refractivity contribution is 6.00. The predicted molar refractivity (Wildman–Crippen MR) is 86.7 cm³/mol. The minimum atomic E-state index is 1.11. The molecule has 0 spiro atoms. The lowest BCUT2D eigenvalue weighted by atomic mass is 10.1. The fraction of sp³-hybridized carbons (Fsp3) is 0.471. The van der Waals surface area contributed by atoms with Gasteiger partial charge in [-0.05, 0) is 25.8 Å². The van der Waals surface area contributed by atoms with Gasteiger partial charge in [0, 0.05) is 30.9 Å². The van der Waals surface area contributed by atoms with Gasteiger partial charge in [-0.3, -0.25) is 0 Å². The second-order valence-corrected chi connectivity index (χ2v) is 5.70. The summed E-state index contributed by atoms with van der Waals surface area (Å²) in [5, 5.41) is 5.81. The fourth-order valence-corrected chi connectivity index (χ4v) is 3.07. The second kappa shape index (κ2) is 5.70. The first-order valence-corrected chi connectivity index (χ1v) is 7.61. The van der Waals surface area contributed by atoms with E-state index in [1.807, 2.05) is 13.2 Å². The number of hydrogen-bond acceptors (Lipinski definition) is 3. The molecule has 0 radical (unpaired) electrons. The van der Waals surface area contributed by atoms with Crippen LogP contribution in [0.4, 0.5) is 11.5 Å². The SMILES string of the molecule is CNc1cnc(N2CCCCCC2)c2ccc(C)cc12. The van der Waals surface area contributed by atoms with Crippen molar-refractivity contribution in [2.24, 2.45) is 0 Å². The van der Waals surface area contributed by atoms with Crippen molar-refractivity contribution in [1.82, 2.24) is 4.98 Å². The number of nitrogens with zero attached hydrogens (tertiary/aromatic N) is 2. The summed E-state index contributed by atoms with van der Waals surface area (Å²) in [5.41, 5.74) is 2.41. The third-order valence-electron chi connectivity index (χ3n) is 4.20. The molecule has 2 heterocycles. The molecule has 0 atom stereocenters. The van der Waals surface area contributed by atoms with Crippen molar-refractivity contribution in [2.45, 2.75) is 32.6 Å². The summed E-state index contributed by atoms with van der Waals surface area (Å²) in [7, 11) is 1.96. The predicted octanol–water partition coefficient (Wildman–Crippen LogP) is 3.97. The lowest BCUT2D eigenvalue weighted by Crippen LogP contribution is -2.25. The lowest BCUT2D eigenvalue weighted by Gasteiger charge is -2.23. The molecule has 1 aromatic heterocycles. The Morgan fingerprint density at radius 3 is 2.50 bits per heavy atom. The van der Waals surface area contributed by atoms with E-state index >= 15 is 0 Å². The minimum absolute atomic E-state index is 1.11. The highest BCUT2D eigenvalue weighted by Gasteiger charge is 2.15. The van der Waals surface area contributed by atoms with E-state index in [4.69, 9.17) is 4.98 Å². The zero-order chi connectivity index (χ0) is 13.9. The van der Waals surface area contributed by atoms with E-state index in [1.165, 1.54) is 42.0 Å². The summed E-state index contributed by atoms with van der Waals surface area (Å²) in [6.07, 6.45) is 7.23. The first-order chi connectivity index (χ1) is 9.79. The van der Waals surface area contributed by atoms with Crippen LogP contribution >= 0.6 is 0 Å². The number of benzene rings is 1. The molecule has 1 fully saturated rings. The van der Waals surface area contributed by atoms with Crippen LogP contribution in [0.1, 0.15) is 31.2 Å². The molecule has 1 aromatic carbocycles. The molecule has 3 nitrogen and oxygen atoms in total. The maximum absolute atomic E-state index is 4.74. The van der Waals surface area contributed by atoms with Gasteiger partial charge >= 0.3 is 0 Å². The average Bonchev–Trinajstić information content (AvgIpc) is 2.75. The van der Waals surface area contributed by atoms with Gasteiger partial charge in [-0.15, -0.1) is 0 Å². The van der Waals surface area contributed by atoms with Crippen LogP contribution in [0.25, 0.3) is 10.8 Å². The van der Waals surface area contributed by atoms with E-state index in [9.17, 15) is 0 Å². The van der Waals surface area contributed by atoms with E-state index in [-0.39, 0.29) is 0 Å². The molecule has 1 aliphatic heterocycles. The molecule has 3 heteroatoms. The summed E-state index contributed by atoms with van der Waals surface area (Å²) in [6.45, 7) is 4.41. The summed E-state index contributed by atoms with van der Waals surface area (Å²) in [5.74, 6) is 1.15. The first-order valence-electron chi connectivity index (χ1n) is 7.61. The van der Waals surface area contributed by atoms with Crippen molar-refractivity contribution >= 4 is 22.3 Å². The number of anilines is 2. The van der Waals surface area contributed by atoms with E-state index in [1.54, 1.807) is 0 Å². The van der Waals surface area contributed by atoms with Crippen LogP contribution in [-0.2, 0) is 0 Å². The van der Waals surface area contributed by atoms with E-state index in [0.717, 1.165) is 24.6 Å². The van der Waals surface area contributed by atoms with Crippen LogP contribution in [0.5, 0.6) is 0 Å². The normalized spacial score (nSPS) is 16.2. The number of pyridine rings is 1. The van der Waals surface area contributed by atoms with Gasteiger partial charge in [-0.1, -0.05) is 30.5 Å². The molecule has 0 saturated carbocycles. The van der Waals surface area contributed by atoms with Crippen LogP contribution in [0.3, 0.4) is 0 Å². The Morgan fingerprint density at radius 2 is 1.80 bits per heavy atom. The van der Waals surface area contributed by atoms with Crippen molar-refractivity contribution in [2.75, 3.05) is 30.4 Å². The van der Waals surface area contributed by atoms with Gasteiger partial charge in [0.05, 0.1) is 11.9 Å². The summed E-state index contributed by atoms with van der Waals surface area (Å²) in [4.78, 5) is 7.20. The maximum Gasteiger partial charge on any atom is 0.136 e. The maximum atomic E-state index is 4.74. The van der Waals surface area contributed by atoms with Crippen LogP contribution in [-0.4, -0.2) is 25.1 Å². The second-order valence-electron chi connectivity index (χ2n) is 5.70. The molecular weight excluding hydrogens is 246 g/mol. The van der Waals surface area contributed by atoms with Crippen LogP contribution in [0.2, 0.25) is 0 Å². The largest absolute Gasteiger partial charge is 0.386 e. The van der Waals surface area contributed by atoms with E-state index < -0.39 is 0 Å². The monoisotopic (exact) mass is 269 g/mol. The molecule has 1 saturated heterocycles. The molecule has 3 rings (SSSR count). The number of fused-ring (bicyclic) bond motifs is 1. The number of aryl methyl sites for hydroxylation is 1. The third kappa shape index (κ3) is 2.45. The Bertz CT molecular complexity index is 598. The van der Waals surface area contributed by atoms with E-state index in [2.05, 4.69) is 35.3 Å². The molecule has 106 valence electrons. The average molecular weight is 269 g/mol. The Morgan fingerprint density at radius 1 is 1.05 bits per heavy atom. The molecule has 0 unspecified atom stereocenters. The Labute approximate surface area is 121 Å². The van der Waals surface area contributed by atoms with Crippen LogP contribution in [0.15, 0.2) is 24.4 Å². The number of hydrogen-bond donors (Lipinski definition) is 1. The van der Waals surface area contributed by atoms with Gasteiger partial charge in [0.25, 0.3) is 0 Å². The van der Waals surface area contributed by atoms with Crippen molar-refractivity contribution in [3.63, 3.8) is 0 Å². The standard InChI is InChI=1S/C17H23N3/c1-13-7-8-14-15(11-13)16(18-2)12-19-17(14)20-9-5-3-4-6-10-20/h7-8,11-12,18H,3-6,9-10H2,1-2H3. The third-order valence-corrected chi connectivity index (χ3v) is 4.20. The van der Waals surface area contributed by atoms with Crippen molar-refractivity contribution in [3.05, 3.63) is 30.0 Å². The number of rotatable bonds is 2. The molecule has 2 aromatic rings. The zero-order valence-corrected chi connectivity index (χ0v) is 12.4. The molecule has 20 heavy (non-hydrogen) atoms. The summed E-state index contributed by atoms with van der Waals surface area (Å²) >= 11 is 0. The summed E-state index contributed by atoms with van der Waals surface area (Å²) in [6, 6.07) is 6.66. The van der Waals surface area contributed by atoms with Crippen molar-refractivity contribution in [3.8, 4) is 0 Å². The lowest BCUT2D eigenvalue weighted by molar-refractivity contribution is 0.726. The Hall–Kier alpha value is -1.77. The van der Waals surface area contributed by atoms with Gasteiger partial charge in [0.2, 0.25) is 0 Å². The molecular formula is C17H23N3. The topological polar surface area (TPSA) is 28.2 Å². The zero-order valence-electron chi connectivity index (χ0n) is 12.4. The van der Waals surface area contributed by atoms with Gasteiger partial charge in [0.15, 0.2) is 0 Å². The quantitative estimate of drug-likeness (QED) is 0.894. The Balaban J connectivity index is 2.11. The summed E-state index contributed by atoms with van der Waals surface area (Å²) < 4.78 is 0. The molecule has 1 aliphatic rings. The Kier molecular flexibility index (Phi) is 3.77. The molecule has 0 amide bonds.